The van der Waals surface area contributed by atoms with Crippen molar-refractivity contribution < 1.29 is 24.1 Å². The first-order valence-electron chi connectivity index (χ1n) is 9.53. The van der Waals surface area contributed by atoms with Crippen LogP contribution in [0.3, 0.4) is 0 Å². The predicted octanol–water partition coefficient (Wildman–Crippen LogP) is 3.65. The largest absolute Gasteiger partial charge is 0.494 e. The SMILES string of the molecule is COCCOCCOCCn1c(O)c2c(c1-c1cccs1)C(=O)N=C2c1cccs1. The molecule has 1 amide bonds. The van der Waals surface area contributed by atoms with E-state index in [1.807, 2.05) is 35.0 Å². The highest BCUT2D eigenvalue weighted by molar-refractivity contribution is 7.13. The lowest BCUT2D eigenvalue weighted by molar-refractivity contribution is 0.0228. The highest BCUT2D eigenvalue weighted by atomic mass is 32.1. The molecular formula is C21H22N2O5S2. The summed E-state index contributed by atoms with van der Waals surface area (Å²) in [5.41, 5.74) is 2.19. The van der Waals surface area contributed by atoms with Crippen LogP contribution in [-0.4, -0.2) is 61.4 Å². The van der Waals surface area contributed by atoms with E-state index in [4.69, 9.17) is 14.2 Å². The van der Waals surface area contributed by atoms with Crippen molar-refractivity contribution in [1.29, 1.82) is 0 Å². The van der Waals surface area contributed by atoms with Gasteiger partial charge in [0, 0.05) is 13.7 Å². The van der Waals surface area contributed by atoms with Crippen LogP contribution in [-0.2, 0) is 20.8 Å². The molecule has 9 heteroatoms. The van der Waals surface area contributed by atoms with Gasteiger partial charge in [-0.1, -0.05) is 12.1 Å². The molecule has 0 atom stereocenters. The number of aromatic nitrogens is 1. The summed E-state index contributed by atoms with van der Waals surface area (Å²) in [7, 11) is 1.63. The third-order valence-corrected chi connectivity index (χ3v) is 6.43. The maximum atomic E-state index is 12.8. The minimum atomic E-state index is -0.321. The van der Waals surface area contributed by atoms with Crippen LogP contribution in [0.25, 0.3) is 10.6 Å². The van der Waals surface area contributed by atoms with Crippen LogP contribution in [0.4, 0.5) is 0 Å². The molecule has 1 N–H and O–H groups in total. The Balaban J connectivity index is 1.56. The molecule has 0 spiro atoms. The fraction of sp³-hybridized carbons (Fsp3) is 0.333. The second-order valence-corrected chi connectivity index (χ2v) is 8.41. The van der Waals surface area contributed by atoms with Crippen molar-refractivity contribution in [3.63, 3.8) is 0 Å². The van der Waals surface area contributed by atoms with E-state index in [0.717, 1.165) is 9.75 Å². The van der Waals surface area contributed by atoms with Gasteiger partial charge in [-0.15, -0.1) is 22.7 Å². The highest BCUT2D eigenvalue weighted by Gasteiger charge is 2.36. The number of nitrogens with zero attached hydrogens (tertiary/aromatic N) is 2. The lowest BCUT2D eigenvalue weighted by Gasteiger charge is -2.12. The van der Waals surface area contributed by atoms with Crippen LogP contribution in [0.5, 0.6) is 5.88 Å². The summed E-state index contributed by atoms with van der Waals surface area (Å²) in [6.45, 7) is 2.79. The molecule has 4 heterocycles. The van der Waals surface area contributed by atoms with Gasteiger partial charge in [0.1, 0.15) is 0 Å². The highest BCUT2D eigenvalue weighted by Crippen LogP contribution is 2.42. The number of hydrogen-bond acceptors (Lipinski definition) is 7. The van der Waals surface area contributed by atoms with Crippen LogP contribution in [0.1, 0.15) is 20.8 Å². The fourth-order valence-electron chi connectivity index (χ4n) is 3.35. The van der Waals surface area contributed by atoms with Gasteiger partial charge in [0.05, 0.1) is 65.3 Å². The second-order valence-electron chi connectivity index (χ2n) is 6.51. The summed E-state index contributed by atoms with van der Waals surface area (Å²) in [5, 5.41) is 14.9. The van der Waals surface area contributed by atoms with E-state index in [2.05, 4.69) is 4.99 Å². The maximum Gasteiger partial charge on any atom is 0.280 e. The average molecular weight is 447 g/mol. The van der Waals surface area contributed by atoms with Crippen LogP contribution in [0.2, 0.25) is 0 Å². The lowest BCUT2D eigenvalue weighted by atomic mass is 10.1. The zero-order valence-corrected chi connectivity index (χ0v) is 18.1. The number of fused-ring (bicyclic) bond motifs is 1. The molecule has 7 nitrogen and oxygen atoms in total. The van der Waals surface area contributed by atoms with Crippen molar-refractivity contribution in [1.82, 2.24) is 4.57 Å². The van der Waals surface area contributed by atoms with Gasteiger partial charge in [-0.2, -0.15) is 0 Å². The molecule has 0 fully saturated rings. The molecule has 1 aliphatic heterocycles. The number of aromatic hydroxyl groups is 1. The smallest absolute Gasteiger partial charge is 0.280 e. The molecule has 0 bridgehead atoms. The van der Waals surface area contributed by atoms with E-state index in [1.165, 1.54) is 22.7 Å². The Hall–Kier alpha value is -2.30. The van der Waals surface area contributed by atoms with Crippen LogP contribution in [0.15, 0.2) is 40.0 Å². The first-order chi connectivity index (χ1) is 14.7. The Morgan fingerprint density at radius 2 is 1.63 bits per heavy atom. The number of hydrogen-bond donors (Lipinski definition) is 1. The summed E-state index contributed by atoms with van der Waals surface area (Å²) in [5.74, 6) is -0.273. The van der Waals surface area contributed by atoms with Gasteiger partial charge in [-0.3, -0.25) is 4.79 Å². The van der Waals surface area contributed by atoms with Crippen molar-refractivity contribution in [2.24, 2.45) is 4.99 Å². The minimum Gasteiger partial charge on any atom is -0.494 e. The topological polar surface area (TPSA) is 82.3 Å². The molecule has 30 heavy (non-hydrogen) atoms. The Morgan fingerprint density at radius 3 is 2.30 bits per heavy atom. The first kappa shape index (κ1) is 21.0. The van der Waals surface area contributed by atoms with Crippen LogP contribution in [0, 0.1) is 0 Å². The van der Waals surface area contributed by atoms with Gasteiger partial charge in [0.2, 0.25) is 5.88 Å². The average Bonchev–Trinajstić information content (AvgIpc) is 3.52. The predicted molar refractivity (Wildman–Crippen MR) is 117 cm³/mol. The molecule has 3 aromatic heterocycles. The number of aliphatic imine (C=N–C) groups is 1. The van der Waals surface area contributed by atoms with Crippen molar-refractivity contribution in [2.75, 3.05) is 40.1 Å². The van der Waals surface area contributed by atoms with Crippen molar-refractivity contribution in [2.45, 2.75) is 6.54 Å². The number of ether oxygens (including phenoxy) is 3. The molecule has 4 rings (SSSR count). The third-order valence-electron chi connectivity index (χ3n) is 4.67. The number of methoxy groups -OCH3 is 1. The Morgan fingerprint density at radius 1 is 0.967 bits per heavy atom. The van der Waals surface area contributed by atoms with Gasteiger partial charge in [-0.25, -0.2) is 4.99 Å². The van der Waals surface area contributed by atoms with Gasteiger partial charge < -0.3 is 23.9 Å². The molecule has 1 aliphatic rings. The zero-order chi connectivity index (χ0) is 20.9. The van der Waals surface area contributed by atoms with E-state index in [-0.39, 0.29) is 11.8 Å². The van der Waals surface area contributed by atoms with E-state index < -0.39 is 0 Å². The summed E-state index contributed by atoms with van der Waals surface area (Å²) in [4.78, 5) is 18.8. The summed E-state index contributed by atoms with van der Waals surface area (Å²) < 4.78 is 17.7. The van der Waals surface area contributed by atoms with Crippen molar-refractivity contribution in [3.05, 3.63) is 51.0 Å². The molecular weight excluding hydrogens is 424 g/mol. The molecule has 0 saturated heterocycles. The summed E-state index contributed by atoms with van der Waals surface area (Å²) >= 11 is 3.01. The van der Waals surface area contributed by atoms with E-state index in [1.54, 1.807) is 11.7 Å². The van der Waals surface area contributed by atoms with Gasteiger partial charge in [0.15, 0.2) is 0 Å². The van der Waals surface area contributed by atoms with Crippen molar-refractivity contribution in [3.8, 4) is 16.5 Å². The standard InChI is InChI=1S/C21H22N2O5S2/c1-26-8-9-28-11-10-27-7-6-23-19(15-5-3-13-30-15)17-16(21(23)25)18(22-20(17)24)14-4-2-12-29-14/h2-5,12-13,25H,6-11H2,1H3. The number of carbonyl (C=O) groups excluding carboxylic acids is 1. The number of rotatable bonds is 11. The van der Waals surface area contributed by atoms with E-state index in [9.17, 15) is 9.90 Å². The third kappa shape index (κ3) is 4.12. The first-order valence-corrected chi connectivity index (χ1v) is 11.3. The molecule has 0 unspecified atom stereocenters. The number of thiophene rings is 2. The van der Waals surface area contributed by atoms with E-state index in [0.29, 0.717) is 62.1 Å². The quantitative estimate of drug-likeness (QED) is 0.455. The second kappa shape index (κ2) is 9.67. The van der Waals surface area contributed by atoms with E-state index >= 15 is 0 Å². The van der Waals surface area contributed by atoms with Crippen LogP contribution >= 0.6 is 22.7 Å². The van der Waals surface area contributed by atoms with Gasteiger partial charge in [0.25, 0.3) is 5.91 Å². The summed E-state index contributed by atoms with van der Waals surface area (Å²) in [6.07, 6.45) is 0. The molecule has 158 valence electrons. The normalized spacial score (nSPS) is 13.1. The monoisotopic (exact) mass is 446 g/mol. The maximum absolute atomic E-state index is 12.8. The van der Waals surface area contributed by atoms with Gasteiger partial charge in [-0.05, 0) is 22.9 Å². The van der Waals surface area contributed by atoms with Gasteiger partial charge >= 0.3 is 0 Å². The molecule has 3 aromatic rings. The number of carbonyl (C=O) groups is 1. The van der Waals surface area contributed by atoms with Crippen LogP contribution < -0.4 is 0 Å². The Labute approximate surface area is 182 Å². The van der Waals surface area contributed by atoms with Crippen molar-refractivity contribution >= 4 is 34.3 Å². The zero-order valence-electron chi connectivity index (χ0n) is 16.5. The lowest BCUT2D eigenvalue weighted by Crippen LogP contribution is -2.12. The molecule has 0 saturated carbocycles. The number of amides is 1. The minimum absolute atomic E-state index is 0.0475. The Bertz CT molecular complexity index is 1020. The Kier molecular flexibility index (Phi) is 6.76. The molecule has 0 aliphatic carbocycles. The fourth-order valence-corrected chi connectivity index (χ4v) is 4.86. The molecule has 0 radical (unpaired) electrons. The molecule has 0 aromatic carbocycles. The summed E-state index contributed by atoms with van der Waals surface area (Å²) in [6, 6.07) is 7.67.